The average molecular weight is 249 g/mol. The summed E-state index contributed by atoms with van der Waals surface area (Å²) < 4.78 is 29.3. The van der Waals surface area contributed by atoms with Gasteiger partial charge in [-0.15, -0.1) is 0 Å². The van der Waals surface area contributed by atoms with E-state index in [1.807, 2.05) is 6.92 Å². The summed E-state index contributed by atoms with van der Waals surface area (Å²) in [5, 5.41) is 2.94. The number of hydrogen-bond acceptors (Lipinski definition) is 4. The fourth-order valence-electron chi connectivity index (χ4n) is 2.00. The zero-order valence-corrected chi connectivity index (χ0v) is 11.2. The van der Waals surface area contributed by atoms with E-state index in [1.165, 1.54) is 0 Å². The first-order chi connectivity index (χ1) is 7.43. The van der Waals surface area contributed by atoms with Gasteiger partial charge in [0.05, 0.1) is 17.1 Å². The lowest BCUT2D eigenvalue weighted by molar-refractivity contribution is 0.126. The van der Waals surface area contributed by atoms with Gasteiger partial charge >= 0.3 is 0 Å². The van der Waals surface area contributed by atoms with Crippen molar-refractivity contribution in [2.75, 3.05) is 18.9 Å². The van der Waals surface area contributed by atoms with Crippen LogP contribution in [-0.4, -0.2) is 44.7 Å². The maximum Gasteiger partial charge on any atom is 0.155 e. The summed E-state index contributed by atoms with van der Waals surface area (Å²) >= 11 is 0. The van der Waals surface area contributed by atoms with Crippen molar-refractivity contribution in [3.05, 3.63) is 0 Å². The molecule has 1 N–H and O–H groups in total. The predicted molar refractivity (Wildman–Crippen MR) is 65.4 cm³/mol. The van der Waals surface area contributed by atoms with Crippen LogP contribution in [0.25, 0.3) is 0 Å². The molecule has 0 aliphatic carbocycles. The highest BCUT2D eigenvalue weighted by molar-refractivity contribution is 7.92. The first-order valence-electron chi connectivity index (χ1n) is 6.00. The maximum atomic E-state index is 12.0. The number of ether oxygens (including phenoxy) is 1. The fourth-order valence-corrected chi connectivity index (χ4v) is 3.97. The zero-order chi connectivity index (χ0) is 12.2. The molecule has 0 aromatic carbocycles. The summed E-state index contributed by atoms with van der Waals surface area (Å²) in [6.45, 7) is 7.30. The summed E-state index contributed by atoms with van der Waals surface area (Å²) in [5.41, 5.74) is 0. The number of nitrogens with one attached hydrogen (secondary N) is 1. The smallest absolute Gasteiger partial charge is 0.155 e. The predicted octanol–water partition coefficient (Wildman–Crippen LogP) is 0.967. The minimum Gasteiger partial charge on any atom is -0.377 e. The van der Waals surface area contributed by atoms with E-state index in [0.29, 0.717) is 25.5 Å². The van der Waals surface area contributed by atoms with Crippen LogP contribution in [0.4, 0.5) is 0 Å². The van der Waals surface area contributed by atoms with E-state index in [4.69, 9.17) is 4.74 Å². The summed E-state index contributed by atoms with van der Waals surface area (Å²) in [6, 6.07) is 0.413. The van der Waals surface area contributed by atoms with Crippen molar-refractivity contribution in [1.82, 2.24) is 5.32 Å². The van der Waals surface area contributed by atoms with E-state index in [1.54, 1.807) is 0 Å². The number of rotatable bonds is 6. The standard InChI is InChI=1S/C11H23NO3S/c1-9(2)12-6-4-8-16(13,14)11-5-7-15-10(11)3/h9-12H,4-8H2,1-3H3. The van der Waals surface area contributed by atoms with Gasteiger partial charge in [-0.2, -0.15) is 0 Å². The lowest BCUT2D eigenvalue weighted by atomic mass is 10.3. The van der Waals surface area contributed by atoms with Gasteiger partial charge in [0.15, 0.2) is 9.84 Å². The molecule has 0 bridgehead atoms. The van der Waals surface area contributed by atoms with Gasteiger partial charge in [0.25, 0.3) is 0 Å². The number of sulfone groups is 1. The molecule has 16 heavy (non-hydrogen) atoms. The lowest BCUT2D eigenvalue weighted by Crippen LogP contribution is -2.32. The third-order valence-corrected chi connectivity index (χ3v) is 5.33. The highest BCUT2D eigenvalue weighted by atomic mass is 32.2. The SMILES string of the molecule is CC(C)NCCCS(=O)(=O)C1CCOC1C. The molecule has 0 amide bonds. The first kappa shape index (κ1) is 13.9. The van der Waals surface area contributed by atoms with Crippen molar-refractivity contribution in [2.45, 2.75) is 51.0 Å². The molecule has 1 saturated heterocycles. The molecule has 5 heteroatoms. The quantitative estimate of drug-likeness (QED) is 0.713. The van der Waals surface area contributed by atoms with Gasteiger partial charge in [0.1, 0.15) is 0 Å². The molecular weight excluding hydrogens is 226 g/mol. The molecule has 2 unspecified atom stereocenters. The highest BCUT2D eigenvalue weighted by Crippen LogP contribution is 2.21. The molecule has 1 fully saturated rings. The molecule has 1 aliphatic heterocycles. The van der Waals surface area contributed by atoms with Gasteiger partial charge in [0, 0.05) is 12.6 Å². The van der Waals surface area contributed by atoms with E-state index in [2.05, 4.69) is 19.2 Å². The van der Waals surface area contributed by atoms with Gasteiger partial charge < -0.3 is 10.1 Å². The minimum absolute atomic E-state index is 0.136. The van der Waals surface area contributed by atoms with Crippen LogP contribution in [0.15, 0.2) is 0 Å². The zero-order valence-electron chi connectivity index (χ0n) is 10.4. The summed E-state index contributed by atoms with van der Waals surface area (Å²) in [6.07, 6.45) is 1.20. The Morgan fingerprint density at radius 2 is 2.12 bits per heavy atom. The van der Waals surface area contributed by atoms with E-state index >= 15 is 0 Å². The molecule has 0 radical (unpaired) electrons. The van der Waals surface area contributed by atoms with Crippen molar-refractivity contribution in [2.24, 2.45) is 0 Å². The molecule has 0 saturated carbocycles. The topological polar surface area (TPSA) is 55.4 Å². The largest absolute Gasteiger partial charge is 0.377 e. The summed E-state index contributed by atoms with van der Waals surface area (Å²) in [4.78, 5) is 0. The van der Waals surface area contributed by atoms with Gasteiger partial charge in [-0.3, -0.25) is 0 Å². The second-order valence-electron chi connectivity index (χ2n) is 4.73. The molecule has 96 valence electrons. The third kappa shape index (κ3) is 4.03. The van der Waals surface area contributed by atoms with Crippen LogP contribution in [0.5, 0.6) is 0 Å². The Morgan fingerprint density at radius 3 is 2.62 bits per heavy atom. The van der Waals surface area contributed by atoms with Gasteiger partial charge in [0.2, 0.25) is 0 Å². The van der Waals surface area contributed by atoms with E-state index in [0.717, 1.165) is 6.54 Å². The highest BCUT2D eigenvalue weighted by Gasteiger charge is 2.34. The first-order valence-corrected chi connectivity index (χ1v) is 7.71. The van der Waals surface area contributed by atoms with Gasteiger partial charge in [-0.25, -0.2) is 8.42 Å². The van der Waals surface area contributed by atoms with Crippen LogP contribution >= 0.6 is 0 Å². The Hall–Kier alpha value is -0.130. The second-order valence-corrected chi connectivity index (χ2v) is 7.07. The summed E-state index contributed by atoms with van der Waals surface area (Å²) in [5.74, 6) is 0.269. The molecule has 1 heterocycles. The molecular formula is C11H23NO3S. The van der Waals surface area contributed by atoms with Crippen LogP contribution in [0.3, 0.4) is 0 Å². The van der Waals surface area contributed by atoms with Crippen molar-refractivity contribution in [1.29, 1.82) is 0 Å². The Balaban J connectivity index is 2.34. The Kier molecular flexibility index (Phi) is 5.21. The number of hydrogen-bond donors (Lipinski definition) is 1. The normalized spacial score (nSPS) is 26.5. The van der Waals surface area contributed by atoms with Crippen LogP contribution in [0.2, 0.25) is 0 Å². The fraction of sp³-hybridized carbons (Fsp3) is 1.00. The van der Waals surface area contributed by atoms with Crippen LogP contribution in [0, 0.1) is 0 Å². The maximum absolute atomic E-state index is 12.0. The molecule has 0 aromatic rings. The van der Waals surface area contributed by atoms with Gasteiger partial charge in [-0.05, 0) is 26.3 Å². The van der Waals surface area contributed by atoms with Crippen molar-refractivity contribution in [3.63, 3.8) is 0 Å². The van der Waals surface area contributed by atoms with Crippen molar-refractivity contribution < 1.29 is 13.2 Å². The molecule has 0 spiro atoms. The molecule has 0 aromatic heterocycles. The monoisotopic (exact) mass is 249 g/mol. The van der Waals surface area contributed by atoms with E-state index < -0.39 is 9.84 Å². The average Bonchev–Trinajstić information content (AvgIpc) is 2.59. The lowest BCUT2D eigenvalue weighted by Gasteiger charge is -2.15. The third-order valence-electron chi connectivity index (χ3n) is 2.93. The van der Waals surface area contributed by atoms with Crippen molar-refractivity contribution in [3.8, 4) is 0 Å². The van der Waals surface area contributed by atoms with Crippen molar-refractivity contribution >= 4 is 9.84 Å². The minimum atomic E-state index is -2.97. The molecule has 2 atom stereocenters. The van der Waals surface area contributed by atoms with Crippen LogP contribution in [-0.2, 0) is 14.6 Å². The molecule has 1 rings (SSSR count). The van der Waals surface area contributed by atoms with Crippen LogP contribution in [0.1, 0.15) is 33.6 Å². The Bertz CT molecular complexity index is 300. The van der Waals surface area contributed by atoms with E-state index in [9.17, 15) is 8.42 Å². The van der Waals surface area contributed by atoms with Crippen LogP contribution < -0.4 is 5.32 Å². The Morgan fingerprint density at radius 1 is 1.44 bits per heavy atom. The second kappa shape index (κ2) is 5.98. The molecule has 1 aliphatic rings. The Labute approximate surface area is 98.7 Å². The summed E-state index contributed by atoms with van der Waals surface area (Å²) in [7, 11) is -2.97. The molecule has 4 nitrogen and oxygen atoms in total. The van der Waals surface area contributed by atoms with E-state index in [-0.39, 0.29) is 17.1 Å². The van der Waals surface area contributed by atoms with Gasteiger partial charge in [-0.1, -0.05) is 13.8 Å².